The molecule has 0 radical (unpaired) electrons. The second-order valence-electron chi connectivity index (χ2n) is 5.07. The fraction of sp³-hybridized carbons (Fsp3) is 0.500. The van der Waals surface area contributed by atoms with E-state index in [1.165, 1.54) is 17.5 Å². The molecule has 1 aliphatic carbocycles. The zero-order valence-electron chi connectivity index (χ0n) is 10.7. The van der Waals surface area contributed by atoms with Gasteiger partial charge in [-0.3, -0.25) is 0 Å². The minimum absolute atomic E-state index is 0.260. The molecule has 1 aromatic rings. The Morgan fingerprint density at radius 3 is 3.00 bits per heavy atom. The first-order valence-electron chi connectivity index (χ1n) is 6.65. The summed E-state index contributed by atoms with van der Waals surface area (Å²) in [5.41, 5.74) is 3.93. The maximum absolute atomic E-state index is 10.4. The van der Waals surface area contributed by atoms with Gasteiger partial charge in [-0.15, -0.1) is 0 Å². The Morgan fingerprint density at radius 1 is 1.47 bits per heavy atom. The van der Waals surface area contributed by atoms with Crippen molar-refractivity contribution in [2.24, 2.45) is 0 Å². The average Bonchev–Trinajstić information content (AvgIpc) is 2.37. The average molecular weight is 230 g/mol. The molecule has 1 nitrogen and oxygen atoms in total. The lowest BCUT2D eigenvalue weighted by Gasteiger charge is -2.29. The molecule has 0 amide bonds. The van der Waals surface area contributed by atoms with Crippen molar-refractivity contribution in [3.05, 3.63) is 47.5 Å². The van der Waals surface area contributed by atoms with E-state index in [0.29, 0.717) is 5.92 Å². The summed E-state index contributed by atoms with van der Waals surface area (Å²) in [5, 5.41) is 10.4. The molecule has 1 N–H and O–H groups in total. The van der Waals surface area contributed by atoms with Crippen LogP contribution in [0.3, 0.4) is 0 Å². The lowest BCUT2D eigenvalue weighted by atomic mass is 9.78. The molecule has 1 aromatic carbocycles. The molecule has 0 fully saturated rings. The van der Waals surface area contributed by atoms with Gasteiger partial charge < -0.3 is 5.11 Å². The van der Waals surface area contributed by atoms with E-state index in [0.717, 1.165) is 31.3 Å². The summed E-state index contributed by atoms with van der Waals surface area (Å²) in [5.74, 6) is 0.309. The van der Waals surface area contributed by atoms with Crippen LogP contribution in [0.4, 0.5) is 0 Å². The molecule has 0 aromatic heterocycles. The fourth-order valence-electron chi connectivity index (χ4n) is 2.77. The topological polar surface area (TPSA) is 20.2 Å². The standard InChI is InChI=1S/C16H22O/c1-3-12(2)11-16(17)15-10-6-8-13-7-4-5-9-14(13)15/h4-5,7,9,15-17H,2-3,6,8,10-11H2,1H3. The molecule has 2 atom stereocenters. The first kappa shape index (κ1) is 12.4. The van der Waals surface area contributed by atoms with Crippen molar-refractivity contribution in [3.8, 4) is 0 Å². The third-order valence-electron chi connectivity index (χ3n) is 3.88. The van der Waals surface area contributed by atoms with Gasteiger partial charge >= 0.3 is 0 Å². The molecule has 1 heteroatoms. The minimum Gasteiger partial charge on any atom is -0.392 e. The van der Waals surface area contributed by atoms with Gasteiger partial charge in [0.05, 0.1) is 6.10 Å². The van der Waals surface area contributed by atoms with Crippen molar-refractivity contribution in [2.45, 2.75) is 51.0 Å². The predicted molar refractivity (Wildman–Crippen MR) is 72.2 cm³/mol. The van der Waals surface area contributed by atoms with Crippen LogP contribution in [0, 0.1) is 0 Å². The van der Waals surface area contributed by atoms with Crippen molar-refractivity contribution in [1.82, 2.24) is 0 Å². The fourth-order valence-corrected chi connectivity index (χ4v) is 2.77. The highest BCUT2D eigenvalue weighted by Gasteiger charge is 2.26. The molecule has 2 rings (SSSR count). The molecule has 1 aliphatic rings. The molecule has 17 heavy (non-hydrogen) atoms. The number of rotatable bonds is 4. The van der Waals surface area contributed by atoms with Crippen LogP contribution < -0.4 is 0 Å². The highest BCUT2D eigenvalue weighted by molar-refractivity contribution is 5.33. The number of fused-ring (bicyclic) bond motifs is 1. The van der Waals surface area contributed by atoms with Gasteiger partial charge in [-0.2, -0.15) is 0 Å². The quantitative estimate of drug-likeness (QED) is 0.779. The largest absolute Gasteiger partial charge is 0.392 e. The smallest absolute Gasteiger partial charge is 0.0645 e. The number of aryl methyl sites for hydroxylation is 1. The molecular formula is C16H22O. The lowest BCUT2D eigenvalue weighted by Crippen LogP contribution is -2.23. The first-order chi connectivity index (χ1) is 8.22. The van der Waals surface area contributed by atoms with E-state index in [2.05, 4.69) is 37.8 Å². The Morgan fingerprint density at radius 2 is 2.24 bits per heavy atom. The lowest BCUT2D eigenvalue weighted by molar-refractivity contribution is 0.134. The van der Waals surface area contributed by atoms with Crippen LogP contribution >= 0.6 is 0 Å². The van der Waals surface area contributed by atoms with Crippen molar-refractivity contribution in [2.75, 3.05) is 0 Å². The van der Waals surface area contributed by atoms with Crippen molar-refractivity contribution < 1.29 is 5.11 Å². The summed E-state index contributed by atoms with van der Waals surface area (Å²) >= 11 is 0. The molecule has 0 saturated carbocycles. The maximum Gasteiger partial charge on any atom is 0.0645 e. The van der Waals surface area contributed by atoms with E-state index in [1.807, 2.05) is 0 Å². The molecule has 2 unspecified atom stereocenters. The monoisotopic (exact) mass is 230 g/mol. The number of hydrogen-bond donors (Lipinski definition) is 1. The Hall–Kier alpha value is -1.08. The van der Waals surface area contributed by atoms with Crippen LogP contribution in [-0.2, 0) is 6.42 Å². The van der Waals surface area contributed by atoms with Crippen LogP contribution in [0.15, 0.2) is 36.4 Å². The second kappa shape index (κ2) is 5.50. The Kier molecular flexibility index (Phi) is 4.01. The van der Waals surface area contributed by atoms with Crippen LogP contribution in [-0.4, -0.2) is 11.2 Å². The number of aliphatic hydroxyl groups excluding tert-OH is 1. The van der Waals surface area contributed by atoms with E-state index >= 15 is 0 Å². The molecule has 0 spiro atoms. The van der Waals surface area contributed by atoms with Crippen LogP contribution in [0.5, 0.6) is 0 Å². The summed E-state index contributed by atoms with van der Waals surface area (Å²) < 4.78 is 0. The summed E-state index contributed by atoms with van der Waals surface area (Å²) in [7, 11) is 0. The van der Waals surface area contributed by atoms with Gasteiger partial charge in [-0.1, -0.05) is 43.3 Å². The van der Waals surface area contributed by atoms with E-state index in [-0.39, 0.29) is 6.10 Å². The van der Waals surface area contributed by atoms with Gasteiger partial charge in [-0.05, 0) is 43.2 Å². The van der Waals surface area contributed by atoms with Gasteiger partial charge in [0, 0.05) is 5.92 Å². The molecule has 0 saturated heterocycles. The zero-order chi connectivity index (χ0) is 12.3. The highest BCUT2D eigenvalue weighted by atomic mass is 16.3. The molecule has 0 aliphatic heterocycles. The van der Waals surface area contributed by atoms with Crippen molar-refractivity contribution in [1.29, 1.82) is 0 Å². The van der Waals surface area contributed by atoms with Crippen LogP contribution in [0.25, 0.3) is 0 Å². The number of aliphatic hydroxyl groups is 1. The summed E-state index contributed by atoms with van der Waals surface area (Å²) in [6.07, 6.45) is 4.91. The third-order valence-corrected chi connectivity index (χ3v) is 3.88. The highest BCUT2D eigenvalue weighted by Crippen LogP contribution is 2.35. The summed E-state index contributed by atoms with van der Waals surface area (Å²) in [6, 6.07) is 8.55. The SMILES string of the molecule is C=C(CC)CC(O)C1CCCc2ccccc21. The van der Waals surface area contributed by atoms with Gasteiger partial charge in [0.25, 0.3) is 0 Å². The van der Waals surface area contributed by atoms with Crippen molar-refractivity contribution in [3.63, 3.8) is 0 Å². The van der Waals surface area contributed by atoms with Crippen LogP contribution in [0.1, 0.15) is 49.7 Å². The van der Waals surface area contributed by atoms with Gasteiger partial charge in [0.15, 0.2) is 0 Å². The Labute approximate surface area is 104 Å². The van der Waals surface area contributed by atoms with Gasteiger partial charge in [-0.25, -0.2) is 0 Å². The number of benzene rings is 1. The maximum atomic E-state index is 10.4. The molecule has 0 bridgehead atoms. The zero-order valence-corrected chi connectivity index (χ0v) is 10.7. The first-order valence-corrected chi connectivity index (χ1v) is 6.65. The Balaban J connectivity index is 2.15. The molecule has 92 valence electrons. The van der Waals surface area contributed by atoms with Crippen molar-refractivity contribution >= 4 is 0 Å². The summed E-state index contributed by atoms with van der Waals surface area (Å²) in [4.78, 5) is 0. The summed E-state index contributed by atoms with van der Waals surface area (Å²) in [6.45, 7) is 6.11. The normalized spacial score (nSPS) is 20.7. The molecule has 0 heterocycles. The van der Waals surface area contributed by atoms with Gasteiger partial charge in [0.1, 0.15) is 0 Å². The second-order valence-corrected chi connectivity index (χ2v) is 5.07. The molecular weight excluding hydrogens is 208 g/mol. The minimum atomic E-state index is -0.260. The predicted octanol–water partition coefficient (Wildman–Crippen LogP) is 3.82. The van der Waals surface area contributed by atoms with E-state index in [1.54, 1.807) is 0 Å². The number of hydrogen-bond acceptors (Lipinski definition) is 1. The third kappa shape index (κ3) is 2.78. The van der Waals surface area contributed by atoms with Gasteiger partial charge in [0.2, 0.25) is 0 Å². The van der Waals surface area contributed by atoms with Crippen LogP contribution in [0.2, 0.25) is 0 Å². The van der Waals surface area contributed by atoms with E-state index in [4.69, 9.17) is 0 Å². The Bertz CT molecular complexity index is 394. The van der Waals surface area contributed by atoms with E-state index < -0.39 is 0 Å². The van der Waals surface area contributed by atoms with E-state index in [9.17, 15) is 5.11 Å².